The Bertz CT molecular complexity index is 737. The lowest BCUT2D eigenvalue weighted by Crippen LogP contribution is -2.52. The van der Waals surface area contributed by atoms with E-state index in [-0.39, 0.29) is 18.4 Å². The number of nitrogens with one attached hydrogen (secondary N) is 1. The summed E-state index contributed by atoms with van der Waals surface area (Å²) in [4.78, 5) is 12.5. The van der Waals surface area contributed by atoms with E-state index in [0.717, 1.165) is 5.56 Å². The minimum absolute atomic E-state index is 0.119. The van der Waals surface area contributed by atoms with Gasteiger partial charge >= 0.3 is 0 Å². The van der Waals surface area contributed by atoms with Gasteiger partial charge in [0.1, 0.15) is 0 Å². The number of rotatable bonds is 5. The van der Waals surface area contributed by atoms with Gasteiger partial charge in [0.15, 0.2) is 0 Å². The summed E-state index contributed by atoms with van der Waals surface area (Å²) in [6.07, 6.45) is 1.37. The van der Waals surface area contributed by atoms with E-state index >= 15 is 0 Å². The number of piperidine rings is 1. The topological polar surface area (TPSA) is 79.0 Å². The van der Waals surface area contributed by atoms with Crippen molar-refractivity contribution in [2.45, 2.75) is 19.4 Å². The molecule has 2 fully saturated rings. The van der Waals surface area contributed by atoms with Crippen LogP contribution in [0.4, 0.5) is 0 Å². The van der Waals surface area contributed by atoms with Gasteiger partial charge in [0.25, 0.3) is 10.2 Å². The fourth-order valence-corrected chi connectivity index (χ4v) is 5.17. The number of benzene rings is 1. The number of carbonyl (C=O) groups excluding carboxylic acids is 1. The summed E-state index contributed by atoms with van der Waals surface area (Å²) in [5, 5.41) is 3.52. The SMILES string of the molecule is O=C(NCc1cccc(Cl)c1)C1CCCN(S(=O)(=O)N2CCOCC2)C1. The minimum Gasteiger partial charge on any atom is -0.379 e. The lowest BCUT2D eigenvalue weighted by molar-refractivity contribution is -0.126. The molecule has 0 aliphatic carbocycles. The molecule has 0 radical (unpaired) electrons. The zero-order valence-corrected chi connectivity index (χ0v) is 16.1. The number of ether oxygens (including phenoxy) is 1. The van der Waals surface area contributed by atoms with Crippen LogP contribution >= 0.6 is 11.6 Å². The normalized spacial score (nSPS) is 22.9. The molecule has 1 amide bonds. The molecule has 2 saturated heterocycles. The van der Waals surface area contributed by atoms with Crippen LogP contribution < -0.4 is 5.32 Å². The van der Waals surface area contributed by atoms with E-state index in [1.807, 2.05) is 12.1 Å². The van der Waals surface area contributed by atoms with E-state index in [2.05, 4.69) is 5.32 Å². The molecule has 2 aliphatic heterocycles. The molecule has 9 heteroatoms. The van der Waals surface area contributed by atoms with Crippen LogP contribution in [0.15, 0.2) is 24.3 Å². The molecule has 1 unspecified atom stereocenters. The predicted molar refractivity (Wildman–Crippen MR) is 98.9 cm³/mol. The molecule has 2 aliphatic rings. The second-order valence-corrected chi connectivity index (χ2v) is 8.93. The Hall–Kier alpha value is -1.19. The molecule has 0 spiro atoms. The number of morpholine rings is 1. The number of carbonyl (C=O) groups is 1. The number of amides is 1. The van der Waals surface area contributed by atoms with E-state index in [1.165, 1.54) is 8.61 Å². The van der Waals surface area contributed by atoms with Gasteiger partial charge in [-0.2, -0.15) is 17.0 Å². The van der Waals surface area contributed by atoms with Crippen molar-refractivity contribution >= 4 is 27.7 Å². The van der Waals surface area contributed by atoms with Gasteiger partial charge in [-0.3, -0.25) is 4.79 Å². The van der Waals surface area contributed by atoms with Gasteiger partial charge in [0.05, 0.1) is 19.1 Å². The quantitative estimate of drug-likeness (QED) is 0.805. The van der Waals surface area contributed by atoms with Crippen molar-refractivity contribution in [2.24, 2.45) is 5.92 Å². The first-order chi connectivity index (χ1) is 12.5. The largest absolute Gasteiger partial charge is 0.379 e. The van der Waals surface area contributed by atoms with Gasteiger partial charge in [0.2, 0.25) is 5.91 Å². The van der Waals surface area contributed by atoms with E-state index in [9.17, 15) is 13.2 Å². The number of hydrogen-bond acceptors (Lipinski definition) is 4. The van der Waals surface area contributed by atoms with Crippen LogP contribution in [0, 0.1) is 5.92 Å². The molecule has 1 aromatic carbocycles. The Morgan fingerprint density at radius 1 is 1.23 bits per heavy atom. The smallest absolute Gasteiger partial charge is 0.282 e. The highest BCUT2D eigenvalue weighted by Crippen LogP contribution is 2.22. The van der Waals surface area contributed by atoms with Crippen molar-refractivity contribution in [3.8, 4) is 0 Å². The molecule has 7 nitrogen and oxygen atoms in total. The molecule has 1 atom stereocenters. The predicted octanol–water partition coefficient (Wildman–Crippen LogP) is 1.25. The second kappa shape index (κ2) is 8.67. The van der Waals surface area contributed by atoms with Gasteiger partial charge < -0.3 is 10.1 Å². The summed E-state index contributed by atoms with van der Waals surface area (Å²) >= 11 is 5.95. The van der Waals surface area contributed by atoms with Crippen molar-refractivity contribution in [3.05, 3.63) is 34.9 Å². The van der Waals surface area contributed by atoms with Gasteiger partial charge in [0, 0.05) is 37.7 Å². The first kappa shape index (κ1) is 19.6. The summed E-state index contributed by atoms with van der Waals surface area (Å²) in [5.74, 6) is -0.453. The highest BCUT2D eigenvalue weighted by molar-refractivity contribution is 7.86. The number of hydrogen-bond donors (Lipinski definition) is 1. The van der Waals surface area contributed by atoms with Crippen molar-refractivity contribution in [2.75, 3.05) is 39.4 Å². The summed E-state index contributed by atoms with van der Waals surface area (Å²) < 4.78 is 33.7. The fourth-order valence-electron chi connectivity index (χ4n) is 3.29. The average molecular weight is 402 g/mol. The monoisotopic (exact) mass is 401 g/mol. The van der Waals surface area contributed by atoms with Crippen molar-refractivity contribution < 1.29 is 17.9 Å². The lowest BCUT2D eigenvalue weighted by Gasteiger charge is -2.36. The maximum atomic E-state index is 12.8. The molecule has 0 aromatic heterocycles. The van der Waals surface area contributed by atoms with Gasteiger partial charge in [-0.25, -0.2) is 0 Å². The molecule has 0 saturated carbocycles. The van der Waals surface area contributed by atoms with E-state index < -0.39 is 10.2 Å². The lowest BCUT2D eigenvalue weighted by atomic mass is 9.99. The molecule has 144 valence electrons. The van der Waals surface area contributed by atoms with Crippen molar-refractivity contribution in [1.29, 1.82) is 0 Å². The first-order valence-electron chi connectivity index (χ1n) is 8.82. The molecule has 2 heterocycles. The maximum Gasteiger partial charge on any atom is 0.282 e. The highest BCUT2D eigenvalue weighted by Gasteiger charge is 2.36. The molecule has 3 rings (SSSR count). The minimum atomic E-state index is -3.54. The third-order valence-corrected chi connectivity index (χ3v) is 6.97. The van der Waals surface area contributed by atoms with Crippen molar-refractivity contribution in [3.63, 3.8) is 0 Å². The zero-order chi connectivity index (χ0) is 18.6. The van der Waals surface area contributed by atoms with Gasteiger partial charge in [-0.1, -0.05) is 23.7 Å². The van der Waals surface area contributed by atoms with Gasteiger partial charge in [-0.05, 0) is 30.5 Å². The molecule has 1 aromatic rings. The fraction of sp³-hybridized carbons (Fsp3) is 0.588. The standard InChI is InChI=1S/C17H24ClN3O4S/c18-16-5-1-3-14(11-16)12-19-17(22)15-4-2-6-21(13-15)26(23,24)20-7-9-25-10-8-20/h1,3,5,11,15H,2,4,6-10,12-13H2,(H,19,22). The average Bonchev–Trinajstić information content (AvgIpc) is 2.67. The van der Waals surface area contributed by atoms with Crippen LogP contribution in [0.2, 0.25) is 5.02 Å². The molecule has 0 bridgehead atoms. The Balaban J connectivity index is 1.58. The Labute approximate surface area is 159 Å². The van der Waals surface area contributed by atoms with Crippen LogP contribution in [0.25, 0.3) is 0 Å². The third-order valence-electron chi connectivity index (χ3n) is 4.73. The maximum absolute atomic E-state index is 12.8. The Morgan fingerprint density at radius 2 is 2.00 bits per heavy atom. The van der Waals surface area contributed by atoms with Crippen LogP contribution in [0.3, 0.4) is 0 Å². The summed E-state index contributed by atoms with van der Waals surface area (Å²) in [5.41, 5.74) is 0.916. The zero-order valence-electron chi connectivity index (χ0n) is 14.6. The van der Waals surface area contributed by atoms with E-state index in [1.54, 1.807) is 12.1 Å². The highest BCUT2D eigenvalue weighted by atomic mass is 35.5. The van der Waals surface area contributed by atoms with Crippen LogP contribution in [-0.4, -0.2) is 62.3 Å². The van der Waals surface area contributed by atoms with Gasteiger partial charge in [-0.15, -0.1) is 0 Å². The molecule has 1 N–H and O–H groups in total. The second-order valence-electron chi connectivity index (χ2n) is 6.56. The molecular formula is C17H24ClN3O4S. The summed E-state index contributed by atoms with van der Waals surface area (Å²) in [7, 11) is -3.54. The van der Waals surface area contributed by atoms with Crippen LogP contribution in [-0.2, 0) is 26.3 Å². The molecular weight excluding hydrogens is 378 g/mol. The number of nitrogens with zero attached hydrogens (tertiary/aromatic N) is 2. The Kier molecular flexibility index (Phi) is 6.52. The van der Waals surface area contributed by atoms with E-state index in [4.69, 9.17) is 16.3 Å². The summed E-state index contributed by atoms with van der Waals surface area (Å²) in [6, 6.07) is 7.31. The summed E-state index contributed by atoms with van der Waals surface area (Å²) in [6.45, 7) is 2.62. The molecule has 26 heavy (non-hydrogen) atoms. The van der Waals surface area contributed by atoms with E-state index in [0.29, 0.717) is 57.3 Å². The Morgan fingerprint density at radius 3 is 2.73 bits per heavy atom. The van der Waals surface area contributed by atoms with Crippen LogP contribution in [0.1, 0.15) is 18.4 Å². The third kappa shape index (κ3) is 4.75. The van der Waals surface area contributed by atoms with Crippen molar-refractivity contribution in [1.82, 2.24) is 13.9 Å². The first-order valence-corrected chi connectivity index (χ1v) is 10.6. The van der Waals surface area contributed by atoms with Crippen LogP contribution in [0.5, 0.6) is 0 Å². The number of halogens is 1.